The number of rotatable bonds is 5. The van der Waals surface area contributed by atoms with Crippen LogP contribution in [0.2, 0.25) is 0 Å². The van der Waals surface area contributed by atoms with Crippen molar-refractivity contribution in [3.63, 3.8) is 0 Å². The van der Waals surface area contributed by atoms with Gasteiger partial charge in [-0.1, -0.05) is 19.9 Å². The predicted octanol–water partition coefficient (Wildman–Crippen LogP) is 3.43. The number of aliphatic imine (C=N–C) groups is 1. The molecule has 0 aliphatic heterocycles. The summed E-state index contributed by atoms with van der Waals surface area (Å²) < 4.78 is 1.96. The van der Waals surface area contributed by atoms with E-state index in [0.29, 0.717) is 5.92 Å². The van der Waals surface area contributed by atoms with Crippen LogP contribution in [-0.2, 0) is 6.54 Å². The average molecular weight is 246 g/mol. The summed E-state index contributed by atoms with van der Waals surface area (Å²) in [6, 6.07) is 0. The molecule has 0 atom stereocenters. The third-order valence-electron chi connectivity index (χ3n) is 2.57. The van der Waals surface area contributed by atoms with Crippen molar-refractivity contribution in [3.8, 4) is 0 Å². The first-order valence-electron chi connectivity index (χ1n) is 6.39. The van der Waals surface area contributed by atoms with Gasteiger partial charge >= 0.3 is 0 Å². The van der Waals surface area contributed by atoms with Crippen molar-refractivity contribution >= 4 is 11.8 Å². The van der Waals surface area contributed by atoms with Crippen LogP contribution < -0.4 is 0 Å². The van der Waals surface area contributed by atoms with Crippen LogP contribution in [0.4, 0.5) is 0 Å². The molecular weight excluding hydrogens is 224 g/mol. The lowest BCUT2D eigenvalue weighted by atomic mass is 10.2. The molecule has 0 unspecified atom stereocenters. The van der Waals surface area contributed by atoms with Crippen molar-refractivity contribution in [1.82, 2.24) is 14.8 Å². The van der Waals surface area contributed by atoms with E-state index in [1.165, 1.54) is 0 Å². The van der Waals surface area contributed by atoms with E-state index in [0.717, 1.165) is 23.8 Å². The first kappa shape index (κ1) is 14.4. The van der Waals surface area contributed by atoms with E-state index in [4.69, 9.17) is 0 Å². The maximum atomic E-state index is 4.61. The summed E-state index contributed by atoms with van der Waals surface area (Å²) >= 11 is 0. The fourth-order valence-corrected chi connectivity index (χ4v) is 1.65. The largest absolute Gasteiger partial charge is 0.269 e. The summed E-state index contributed by atoms with van der Waals surface area (Å²) in [4.78, 5) is 8.67. The zero-order valence-electron chi connectivity index (χ0n) is 11.9. The van der Waals surface area contributed by atoms with E-state index in [-0.39, 0.29) is 0 Å². The first-order chi connectivity index (χ1) is 8.63. The van der Waals surface area contributed by atoms with Crippen LogP contribution in [0.5, 0.6) is 0 Å². The quantitative estimate of drug-likeness (QED) is 0.590. The van der Waals surface area contributed by atoms with Gasteiger partial charge in [-0.2, -0.15) is 5.10 Å². The van der Waals surface area contributed by atoms with Crippen LogP contribution in [0.15, 0.2) is 23.3 Å². The maximum Gasteiger partial charge on any atom is 0.181 e. The Balaban J connectivity index is 3.08. The number of hydrogen-bond acceptors (Lipinski definition) is 3. The summed E-state index contributed by atoms with van der Waals surface area (Å²) in [6.45, 7) is 11.1. The minimum atomic E-state index is 0.377. The lowest BCUT2D eigenvalue weighted by Crippen LogP contribution is -2.04. The molecular formula is C14H22N4. The van der Waals surface area contributed by atoms with Gasteiger partial charge in [-0.05, 0) is 26.8 Å². The number of hydrogen-bond donors (Lipinski definition) is 0. The molecule has 0 amide bonds. The van der Waals surface area contributed by atoms with Crippen LogP contribution in [-0.4, -0.2) is 21.0 Å². The molecule has 1 rings (SSSR count). The van der Waals surface area contributed by atoms with Crippen molar-refractivity contribution < 1.29 is 0 Å². The normalized spacial score (nSPS) is 13.3. The molecule has 0 bridgehead atoms. The third kappa shape index (κ3) is 3.39. The summed E-state index contributed by atoms with van der Waals surface area (Å²) in [6.07, 6.45) is 7.44. The monoisotopic (exact) mass is 246 g/mol. The van der Waals surface area contributed by atoms with Crippen LogP contribution in [0.1, 0.15) is 52.2 Å². The Bertz CT molecular complexity index is 464. The van der Waals surface area contributed by atoms with Gasteiger partial charge in [-0.15, -0.1) is 0 Å². The number of aromatic nitrogens is 3. The first-order valence-corrected chi connectivity index (χ1v) is 6.39. The molecule has 0 radical (unpaired) electrons. The van der Waals surface area contributed by atoms with Gasteiger partial charge in [0.25, 0.3) is 0 Å². The number of nitrogens with zero attached hydrogens (tertiary/aromatic N) is 4. The van der Waals surface area contributed by atoms with Gasteiger partial charge in [-0.25, -0.2) is 9.67 Å². The van der Waals surface area contributed by atoms with Crippen LogP contribution >= 0.6 is 0 Å². The molecule has 1 heterocycles. The minimum absolute atomic E-state index is 0.377. The number of allylic oxidation sites excluding steroid dienone is 3. The zero-order valence-corrected chi connectivity index (χ0v) is 11.9. The van der Waals surface area contributed by atoms with Crippen molar-refractivity contribution in [2.75, 3.05) is 0 Å². The fraction of sp³-hybridized carbons (Fsp3) is 0.500. The Labute approximate surface area is 109 Å². The Kier molecular flexibility index (Phi) is 5.49. The van der Waals surface area contributed by atoms with Crippen LogP contribution in [0.25, 0.3) is 5.57 Å². The van der Waals surface area contributed by atoms with E-state index in [1.807, 2.05) is 30.7 Å². The lowest BCUT2D eigenvalue weighted by molar-refractivity contribution is 0.588. The predicted molar refractivity (Wildman–Crippen MR) is 76.7 cm³/mol. The molecule has 1 aromatic heterocycles. The molecule has 0 N–H and O–H groups in total. The molecule has 18 heavy (non-hydrogen) atoms. The van der Waals surface area contributed by atoms with Crippen molar-refractivity contribution in [2.45, 2.75) is 47.1 Å². The van der Waals surface area contributed by atoms with E-state index < -0.39 is 0 Å². The Morgan fingerprint density at radius 1 is 1.39 bits per heavy atom. The Hall–Kier alpha value is -1.71. The van der Waals surface area contributed by atoms with E-state index in [1.54, 1.807) is 12.4 Å². The fourth-order valence-electron chi connectivity index (χ4n) is 1.65. The highest BCUT2D eigenvalue weighted by Crippen LogP contribution is 2.17. The van der Waals surface area contributed by atoms with Gasteiger partial charge in [0, 0.05) is 30.5 Å². The average Bonchev–Trinajstić information content (AvgIpc) is 2.79. The Morgan fingerprint density at radius 3 is 2.56 bits per heavy atom. The molecule has 98 valence electrons. The number of aryl methyl sites for hydroxylation is 1. The van der Waals surface area contributed by atoms with Crippen LogP contribution in [0, 0.1) is 0 Å². The van der Waals surface area contributed by atoms with E-state index >= 15 is 0 Å². The Morgan fingerprint density at radius 2 is 2.11 bits per heavy atom. The molecule has 4 nitrogen and oxygen atoms in total. The smallest absolute Gasteiger partial charge is 0.181 e. The van der Waals surface area contributed by atoms with E-state index in [2.05, 4.69) is 35.8 Å². The molecule has 4 heteroatoms. The maximum absolute atomic E-state index is 4.61. The zero-order chi connectivity index (χ0) is 13.5. The molecule has 0 aliphatic carbocycles. The van der Waals surface area contributed by atoms with Crippen molar-refractivity contribution in [1.29, 1.82) is 0 Å². The SMILES string of the molecule is CC=N/C=C\C(=C/C)c1nc(C(C)C)n(CC)n1. The van der Waals surface area contributed by atoms with Gasteiger partial charge in [0.1, 0.15) is 5.82 Å². The van der Waals surface area contributed by atoms with Gasteiger partial charge in [-0.3, -0.25) is 4.99 Å². The van der Waals surface area contributed by atoms with Crippen LogP contribution in [0.3, 0.4) is 0 Å². The second-order valence-corrected chi connectivity index (χ2v) is 4.23. The van der Waals surface area contributed by atoms with Crippen molar-refractivity contribution in [2.24, 2.45) is 4.99 Å². The van der Waals surface area contributed by atoms with Gasteiger partial charge in [0.15, 0.2) is 5.82 Å². The highest BCUT2D eigenvalue weighted by atomic mass is 15.3. The lowest BCUT2D eigenvalue weighted by Gasteiger charge is -2.03. The van der Waals surface area contributed by atoms with E-state index in [9.17, 15) is 0 Å². The molecule has 0 aromatic carbocycles. The summed E-state index contributed by atoms with van der Waals surface area (Å²) in [5.41, 5.74) is 0.995. The van der Waals surface area contributed by atoms with Gasteiger partial charge in [0.05, 0.1) is 0 Å². The van der Waals surface area contributed by atoms with Crippen molar-refractivity contribution in [3.05, 3.63) is 30.0 Å². The molecule has 1 aromatic rings. The molecule has 0 saturated heterocycles. The minimum Gasteiger partial charge on any atom is -0.269 e. The topological polar surface area (TPSA) is 43.1 Å². The molecule has 0 fully saturated rings. The van der Waals surface area contributed by atoms with Gasteiger partial charge < -0.3 is 0 Å². The summed E-state index contributed by atoms with van der Waals surface area (Å²) in [5.74, 6) is 2.17. The molecule has 0 aliphatic rings. The highest BCUT2D eigenvalue weighted by molar-refractivity contribution is 5.69. The second-order valence-electron chi connectivity index (χ2n) is 4.23. The second kappa shape index (κ2) is 6.89. The standard InChI is InChI=1S/C14H22N4/c1-6-12(9-10-15-7-2)13-16-14(11(4)5)18(8-3)17-13/h6-7,9-11H,8H2,1-5H3/b10-9-,12-6+,15-7?. The summed E-state index contributed by atoms with van der Waals surface area (Å²) in [5, 5.41) is 4.53. The highest BCUT2D eigenvalue weighted by Gasteiger charge is 2.13. The summed E-state index contributed by atoms with van der Waals surface area (Å²) in [7, 11) is 0. The molecule has 0 saturated carbocycles. The third-order valence-corrected chi connectivity index (χ3v) is 2.57. The van der Waals surface area contributed by atoms with Gasteiger partial charge in [0.2, 0.25) is 0 Å². The molecule has 0 spiro atoms.